The van der Waals surface area contributed by atoms with Crippen LogP contribution in [0.3, 0.4) is 0 Å². The summed E-state index contributed by atoms with van der Waals surface area (Å²) in [6.45, 7) is 0. The van der Waals surface area contributed by atoms with Crippen LogP contribution in [0.15, 0.2) is 0 Å². The Hall–Kier alpha value is -0.345. The van der Waals surface area contributed by atoms with E-state index in [1.807, 2.05) is 0 Å². The molecule has 1 aliphatic rings. The van der Waals surface area contributed by atoms with Crippen molar-refractivity contribution >= 4 is 12.9 Å². The lowest BCUT2D eigenvalue weighted by Gasteiger charge is -2.02. The molecule has 0 aromatic rings. The number of rotatable bonds is 1. The van der Waals surface area contributed by atoms with Gasteiger partial charge < -0.3 is 10.0 Å². The van der Waals surface area contributed by atoms with Crippen LogP contribution < -0.4 is 0 Å². The van der Waals surface area contributed by atoms with Crippen molar-refractivity contribution in [1.82, 2.24) is 0 Å². The van der Waals surface area contributed by atoms with Gasteiger partial charge in [0.1, 0.15) is 5.78 Å². The summed E-state index contributed by atoms with van der Waals surface area (Å²) in [5.41, 5.74) is 0. The van der Waals surface area contributed by atoms with Crippen LogP contribution in [0.1, 0.15) is 19.3 Å². The number of ketones is 1. The molecule has 0 bridgehead atoms. The van der Waals surface area contributed by atoms with Crippen molar-refractivity contribution in [2.24, 2.45) is 0 Å². The van der Waals surface area contributed by atoms with Gasteiger partial charge in [-0.2, -0.15) is 0 Å². The molecule has 4 heteroatoms. The maximum Gasteiger partial charge on any atom is 0.455 e. The minimum atomic E-state index is -1.29. The van der Waals surface area contributed by atoms with Crippen molar-refractivity contribution in [3.63, 3.8) is 0 Å². The molecular weight excluding hydrogens is 119 g/mol. The van der Waals surface area contributed by atoms with Crippen molar-refractivity contribution in [1.29, 1.82) is 0 Å². The molecule has 0 radical (unpaired) electrons. The van der Waals surface area contributed by atoms with Gasteiger partial charge in [0.25, 0.3) is 0 Å². The highest BCUT2D eigenvalue weighted by Gasteiger charge is 2.30. The second-order valence-electron chi connectivity index (χ2n) is 2.46. The Balaban J connectivity index is 2.39. The summed E-state index contributed by atoms with van der Waals surface area (Å²) < 4.78 is 0. The van der Waals surface area contributed by atoms with Gasteiger partial charge in [0.2, 0.25) is 0 Å². The van der Waals surface area contributed by atoms with E-state index in [-0.39, 0.29) is 11.6 Å². The zero-order valence-electron chi connectivity index (χ0n) is 5.08. The van der Waals surface area contributed by atoms with Crippen molar-refractivity contribution in [2.75, 3.05) is 0 Å². The van der Waals surface area contributed by atoms with Gasteiger partial charge in [-0.1, -0.05) is 0 Å². The van der Waals surface area contributed by atoms with Gasteiger partial charge in [0.15, 0.2) is 0 Å². The fourth-order valence-electron chi connectivity index (χ4n) is 1.10. The van der Waals surface area contributed by atoms with E-state index in [1.54, 1.807) is 0 Å². The summed E-state index contributed by atoms with van der Waals surface area (Å²) in [7, 11) is -1.29. The summed E-state index contributed by atoms with van der Waals surface area (Å²) >= 11 is 0. The first kappa shape index (κ1) is 6.77. The highest BCUT2D eigenvalue weighted by Crippen LogP contribution is 2.27. The lowest BCUT2D eigenvalue weighted by molar-refractivity contribution is -0.117. The normalized spacial score (nSPS) is 26.9. The molecule has 0 heterocycles. The van der Waals surface area contributed by atoms with Gasteiger partial charge in [0, 0.05) is 18.7 Å². The standard InChI is InChI=1S/C5H9BO3/c7-5-2-1-4(3-5)6(8)9/h4,8-9H,1-3H2. The highest BCUT2D eigenvalue weighted by atomic mass is 16.4. The summed E-state index contributed by atoms with van der Waals surface area (Å²) in [6.07, 6.45) is 1.50. The molecule has 0 saturated heterocycles. The third-order valence-electron chi connectivity index (χ3n) is 1.71. The Morgan fingerprint density at radius 3 is 2.44 bits per heavy atom. The van der Waals surface area contributed by atoms with E-state index in [4.69, 9.17) is 10.0 Å². The maximum atomic E-state index is 10.5. The molecule has 0 amide bonds. The van der Waals surface area contributed by atoms with Gasteiger partial charge >= 0.3 is 7.12 Å². The average Bonchev–Trinajstić information content (AvgIpc) is 2.14. The quantitative estimate of drug-likeness (QED) is 0.471. The number of carbonyl (C=O) groups excluding carboxylic acids is 1. The van der Waals surface area contributed by atoms with Gasteiger partial charge in [-0.25, -0.2) is 0 Å². The van der Waals surface area contributed by atoms with E-state index >= 15 is 0 Å². The molecule has 9 heavy (non-hydrogen) atoms. The molecule has 0 aromatic carbocycles. The number of carbonyl (C=O) groups is 1. The molecule has 1 aliphatic carbocycles. The Kier molecular flexibility index (Phi) is 1.88. The zero-order chi connectivity index (χ0) is 6.85. The summed E-state index contributed by atoms with van der Waals surface area (Å²) in [4.78, 5) is 10.5. The molecular formula is C5H9BO3. The first-order valence-corrected chi connectivity index (χ1v) is 3.08. The van der Waals surface area contributed by atoms with Crippen molar-refractivity contribution in [3.8, 4) is 0 Å². The lowest BCUT2D eigenvalue weighted by atomic mass is 9.72. The third kappa shape index (κ3) is 1.53. The van der Waals surface area contributed by atoms with Crippen LogP contribution in [0.4, 0.5) is 0 Å². The summed E-state index contributed by atoms with van der Waals surface area (Å²) in [5, 5.41) is 17.1. The predicted octanol–water partition coefficient (Wildman–Crippen LogP) is -0.418. The van der Waals surface area contributed by atoms with E-state index in [0.29, 0.717) is 19.3 Å². The molecule has 1 fully saturated rings. The van der Waals surface area contributed by atoms with E-state index in [2.05, 4.69) is 0 Å². The van der Waals surface area contributed by atoms with Gasteiger partial charge in [0.05, 0.1) is 0 Å². The Bertz CT molecular complexity index is 123. The topological polar surface area (TPSA) is 57.5 Å². The van der Waals surface area contributed by atoms with Crippen LogP contribution in [0.2, 0.25) is 5.82 Å². The monoisotopic (exact) mass is 128 g/mol. The lowest BCUT2D eigenvalue weighted by Crippen LogP contribution is -2.17. The smallest absolute Gasteiger partial charge is 0.427 e. The molecule has 2 N–H and O–H groups in total. The van der Waals surface area contributed by atoms with Crippen LogP contribution in [-0.2, 0) is 4.79 Å². The minimum Gasteiger partial charge on any atom is -0.427 e. The molecule has 3 nitrogen and oxygen atoms in total. The van der Waals surface area contributed by atoms with Crippen LogP contribution in [-0.4, -0.2) is 22.9 Å². The average molecular weight is 128 g/mol. The number of hydrogen-bond acceptors (Lipinski definition) is 3. The molecule has 0 spiro atoms. The molecule has 1 unspecified atom stereocenters. The van der Waals surface area contributed by atoms with Gasteiger partial charge in [-0.05, 0) is 6.42 Å². The summed E-state index contributed by atoms with van der Waals surface area (Å²) in [6, 6.07) is 0. The van der Waals surface area contributed by atoms with Crippen LogP contribution in [0, 0.1) is 0 Å². The number of Topliss-reactive ketones (excluding diaryl/α,β-unsaturated/α-hetero) is 1. The zero-order valence-corrected chi connectivity index (χ0v) is 5.08. The second kappa shape index (κ2) is 2.50. The third-order valence-corrected chi connectivity index (χ3v) is 1.71. The van der Waals surface area contributed by atoms with Crippen molar-refractivity contribution in [3.05, 3.63) is 0 Å². The van der Waals surface area contributed by atoms with Crippen LogP contribution in [0.5, 0.6) is 0 Å². The first-order chi connectivity index (χ1) is 4.20. The molecule has 50 valence electrons. The fourth-order valence-corrected chi connectivity index (χ4v) is 1.10. The molecule has 0 aromatic heterocycles. The predicted molar refractivity (Wildman–Crippen MR) is 32.8 cm³/mol. The van der Waals surface area contributed by atoms with Crippen LogP contribution in [0.25, 0.3) is 0 Å². The Morgan fingerprint density at radius 1 is 1.56 bits per heavy atom. The fraction of sp³-hybridized carbons (Fsp3) is 0.800. The SMILES string of the molecule is O=C1CCC(B(O)O)C1. The second-order valence-corrected chi connectivity index (χ2v) is 2.46. The molecule has 0 aliphatic heterocycles. The largest absolute Gasteiger partial charge is 0.455 e. The number of hydrogen-bond donors (Lipinski definition) is 2. The summed E-state index contributed by atoms with van der Waals surface area (Å²) in [5.74, 6) is -0.0504. The van der Waals surface area contributed by atoms with Gasteiger partial charge in [-0.3, -0.25) is 4.79 Å². The molecule has 1 atom stereocenters. The maximum absolute atomic E-state index is 10.5. The van der Waals surface area contributed by atoms with Gasteiger partial charge in [-0.15, -0.1) is 0 Å². The van der Waals surface area contributed by atoms with E-state index < -0.39 is 7.12 Å². The van der Waals surface area contributed by atoms with Crippen LogP contribution >= 0.6 is 0 Å². The van der Waals surface area contributed by atoms with E-state index in [0.717, 1.165) is 0 Å². The Morgan fingerprint density at radius 2 is 2.22 bits per heavy atom. The molecule has 1 saturated carbocycles. The Labute approximate surface area is 53.8 Å². The minimum absolute atomic E-state index is 0.146. The van der Waals surface area contributed by atoms with Crippen molar-refractivity contribution < 1.29 is 14.8 Å². The molecule has 1 rings (SSSR count). The highest BCUT2D eigenvalue weighted by molar-refractivity contribution is 6.44. The first-order valence-electron chi connectivity index (χ1n) is 3.08. The van der Waals surface area contributed by atoms with E-state index in [9.17, 15) is 4.79 Å². The van der Waals surface area contributed by atoms with E-state index in [1.165, 1.54) is 0 Å². The van der Waals surface area contributed by atoms with Crippen molar-refractivity contribution in [2.45, 2.75) is 25.1 Å².